The molecule has 2 heterocycles. The number of urea groups is 1. The third-order valence-electron chi connectivity index (χ3n) is 7.10. The first kappa shape index (κ1) is 24.9. The van der Waals surface area contributed by atoms with Crippen molar-refractivity contribution in [2.45, 2.75) is 69.7 Å². The van der Waals surface area contributed by atoms with Crippen molar-refractivity contribution in [3.05, 3.63) is 35.6 Å². The topological polar surface area (TPSA) is 114 Å². The molecule has 0 bridgehead atoms. The van der Waals surface area contributed by atoms with E-state index >= 15 is 0 Å². The molecule has 2 N–H and O–H groups in total. The SMILES string of the molecule is CN1CC(=O)N2[C@@H](CCC(=O)O)C(=O)N(C3CCCCC3)C[C@@H]2N1C(=O)NCc1ccc(F)cc1. The molecule has 190 valence electrons. The van der Waals surface area contributed by atoms with Crippen molar-refractivity contribution < 1.29 is 28.7 Å². The maximum Gasteiger partial charge on any atom is 0.334 e. The smallest absolute Gasteiger partial charge is 0.334 e. The Labute approximate surface area is 203 Å². The monoisotopic (exact) mass is 489 g/mol. The number of nitrogens with zero attached hydrogens (tertiary/aromatic N) is 4. The number of carbonyl (C=O) groups excluding carboxylic acids is 3. The number of hydrogen-bond acceptors (Lipinski definition) is 5. The number of amides is 4. The van der Waals surface area contributed by atoms with Gasteiger partial charge in [-0.05, 0) is 37.0 Å². The van der Waals surface area contributed by atoms with E-state index in [-0.39, 0.29) is 56.1 Å². The summed E-state index contributed by atoms with van der Waals surface area (Å²) in [4.78, 5) is 54.4. The first-order valence-electron chi connectivity index (χ1n) is 12.1. The average Bonchev–Trinajstić information content (AvgIpc) is 2.83. The van der Waals surface area contributed by atoms with Crippen LogP contribution in [0.25, 0.3) is 0 Å². The predicted octanol–water partition coefficient (Wildman–Crippen LogP) is 1.76. The number of nitrogens with one attached hydrogen (secondary N) is 1. The number of likely N-dealkylation sites (N-methyl/N-ethyl adjacent to an activating group) is 1. The van der Waals surface area contributed by atoms with E-state index in [1.807, 2.05) is 0 Å². The van der Waals surface area contributed by atoms with E-state index in [0.29, 0.717) is 5.56 Å². The number of piperazine rings is 1. The van der Waals surface area contributed by atoms with E-state index in [1.165, 1.54) is 27.1 Å². The highest BCUT2D eigenvalue weighted by Crippen LogP contribution is 2.32. The molecule has 1 saturated carbocycles. The Hall–Kier alpha value is -3.21. The van der Waals surface area contributed by atoms with E-state index in [4.69, 9.17) is 0 Å². The molecule has 1 aromatic carbocycles. The third kappa shape index (κ3) is 5.39. The number of halogens is 1. The summed E-state index contributed by atoms with van der Waals surface area (Å²) in [6.07, 6.45) is 3.82. The van der Waals surface area contributed by atoms with Crippen molar-refractivity contribution in [1.29, 1.82) is 0 Å². The van der Waals surface area contributed by atoms with Crippen molar-refractivity contribution in [1.82, 2.24) is 25.1 Å². The van der Waals surface area contributed by atoms with Crippen molar-refractivity contribution >= 4 is 23.8 Å². The molecule has 2 aliphatic heterocycles. The van der Waals surface area contributed by atoms with Crippen molar-refractivity contribution in [3.8, 4) is 0 Å². The van der Waals surface area contributed by atoms with Crippen LogP contribution in [0.15, 0.2) is 24.3 Å². The molecule has 3 fully saturated rings. The van der Waals surface area contributed by atoms with Crippen LogP contribution in [0.1, 0.15) is 50.5 Å². The highest BCUT2D eigenvalue weighted by Gasteiger charge is 2.51. The van der Waals surface area contributed by atoms with Gasteiger partial charge in [-0.3, -0.25) is 14.4 Å². The van der Waals surface area contributed by atoms with Gasteiger partial charge in [0, 0.05) is 26.1 Å². The second-order valence-electron chi connectivity index (χ2n) is 9.46. The van der Waals surface area contributed by atoms with Crippen molar-refractivity contribution in [3.63, 3.8) is 0 Å². The second kappa shape index (κ2) is 10.6. The van der Waals surface area contributed by atoms with Gasteiger partial charge in [0.15, 0.2) is 0 Å². The Kier molecular flexibility index (Phi) is 7.54. The van der Waals surface area contributed by atoms with Gasteiger partial charge in [-0.2, -0.15) is 0 Å². The van der Waals surface area contributed by atoms with Gasteiger partial charge in [-0.25, -0.2) is 19.2 Å². The molecule has 0 unspecified atom stereocenters. The maximum absolute atomic E-state index is 13.5. The molecule has 3 aliphatic rings. The Morgan fingerprint density at radius 1 is 1.11 bits per heavy atom. The fraction of sp³-hybridized carbons (Fsp3) is 0.583. The molecule has 11 heteroatoms. The molecular weight excluding hydrogens is 457 g/mol. The van der Waals surface area contributed by atoms with Crippen LogP contribution >= 0.6 is 0 Å². The van der Waals surface area contributed by atoms with E-state index in [2.05, 4.69) is 5.32 Å². The fourth-order valence-corrected chi connectivity index (χ4v) is 5.38. The lowest BCUT2D eigenvalue weighted by atomic mass is 9.91. The number of hydrogen-bond donors (Lipinski definition) is 2. The molecule has 1 aromatic rings. The predicted molar refractivity (Wildman–Crippen MR) is 123 cm³/mol. The minimum Gasteiger partial charge on any atom is -0.481 e. The Balaban J connectivity index is 1.59. The normalized spacial score (nSPS) is 23.9. The molecule has 10 nitrogen and oxygen atoms in total. The minimum atomic E-state index is -1.04. The molecule has 2 saturated heterocycles. The number of fused-ring (bicyclic) bond motifs is 1. The molecule has 2 atom stereocenters. The zero-order valence-corrected chi connectivity index (χ0v) is 19.9. The lowest BCUT2D eigenvalue weighted by Crippen LogP contribution is -2.76. The van der Waals surface area contributed by atoms with E-state index < -0.39 is 24.2 Å². The zero-order valence-electron chi connectivity index (χ0n) is 19.9. The number of carboxylic acid groups (broad SMARTS) is 1. The highest BCUT2D eigenvalue weighted by atomic mass is 19.1. The molecule has 1 aliphatic carbocycles. The maximum atomic E-state index is 13.5. The average molecular weight is 490 g/mol. The van der Waals surface area contributed by atoms with Gasteiger partial charge < -0.3 is 20.2 Å². The van der Waals surface area contributed by atoms with Gasteiger partial charge in [0.2, 0.25) is 11.8 Å². The van der Waals surface area contributed by atoms with Crippen LogP contribution in [-0.4, -0.2) is 87.1 Å². The summed E-state index contributed by atoms with van der Waals surface area (Å²) >= 11 is 0. The largest absolute Gasteiger partial charge is 0.481 e. The summed E-state index contributed by atoms with van der Waals surface area (Å²) in [6, 6.07) is 4.43. The number of carbonyl (C=O) groups is 4. The molecule has 35 heavy (non-hydrogen) atoms. The Morgan fingerprint density at radius 2 is 1.80 bits per heavy atom. The van der Waals surface area contributed by atoms with Crippen LogP contribution in [-0.2, 0) is 20.9 Å². The van der Waals surface area contributed by atoms with Crippen molar-refractivity contribution in [2.75, 3.05) is 20.1 Å². The highest BCUT2D eigenvalue weighted by molar-refractivity contribution is 5.92. The molecule has 4 rings (SSSR count). The van der Waals surface area contributed by atoms with Crippen LogP contribution in [0.4, 0.5) is 9.18 Å². The summed E-state index contributed by atoms with van der Waals surface area (Å²) in [5.74, 6) is -1.96. The molecular formula is C24H32FN5O5. The lowest BCUT2D eigenvalue weighted by Gasteiger charge is -2.55. The van der Waals surface area contributed by atoms with Gasteiger partial charge in [-0.1, -0.05) is 31.4 Å². The molecule has 0 aromatic heterocycles. The second-order valence-corrected chi connectivity index (χ2v) is 9.46. The number of hydrazine groups is 1. The standard InChI is InChI=1S/C24H32FN5O5/c1-27-15-21(31)29-19(11-12-22(32)33)23(34)28(18-5-3-2-4-6-18)14-20(29)30(27)24(35)26-13-16-7-9-17(25)10-8-16/h7-10,18-20H,2-6,11-15H2,1H3,(H,26,35)(H,32,33)/t19-,20-/m0/s1. The Morgan fingerprint density at radius 3 is 2.46 bits per heavy atom. The lowest BCUT2D eigenvalue weighted by molar-refractivity contribution is -0.190. The van der Waals surface area contributed by atoms with Gasteiger partial charge >= 0.3 is 12.0 Å². The molecule has 4 amide bonds. The van der Waals surface area contributed by atoms with Crippen LogP contribution in [0.3, 0.4) is 0 Å². The Bertz CT molecular complexity index is 968. The fourth-order valence-electron chi connectivity index (χ4n) is 5.38. The van der Waals surface area contributed by atoms with Crippen molar-refractivity contribution in [2.24, 2.45) is 0 Å². The number of carboxylic acids is 1. The van der Waals surface area contributed by atoms with Crippen LogP contribution < -0.4 is 5.32 Å². The van der Waals surface area contributed by atoms with E-state index in [0.717, 1.165) is 32.1 Å². The summed E-state index contributed by atoms with van der Waals surface area (Å²) in [7, 11) is 1.64. The van der Waals surface area contributed by atoms with Gasteiger partial charge in [0.25, 0.3) is 0 Å². The van der Waals surface area contributed by atoms with Crippen LogP contribution in [0.2, 0.25) is 0 Å². The zero-order chi connectivity index (χ0) is 25.1. The number of aliphatic carboxylic acids is 1. The first-order valence-corrected chi connectivity index (χ1v) is 12.1. The van der Waals surface area contributed by atoms with Gasteiger partial charge in [-0.15, -0.1) is 0 Å². The van der Waals surface area contributed by atoms with Gasteiger partial charge in [0.1, 0.15) is 18.0 Å². The quantitative estimate of drug-likeness (QED) is 0.630. The number of benzene rings is 1. The molecule has 0 radical (unpaired) electrons. The number of rotatable bonds is 6. The summed E-state index contributed by atoms with van der Waals surface area (Å²) in [6.45, 7) is 0.228. The third-order valence-corrected chi connectivity index (χ3v) is 7.10. The summed E-state index contributed by atoms with van der Waals surface area (Å²) < 4.78 is 13.2. The first-order chi connectivity index (χ1) is 16.8. The van der Waals surface area contributed by atoms with E-state index in [1.54, 1.807) is 24.1 Å². The molecule has 0 spiro atoms. The minimum absolute atomic E-state index is 0.00558. The van der Waals surface area contributed by atoms with E-state index in [9.17, 15) is 28.7 Å². The van der Waals surface area contributed by atoms with Crippen LogP contribution in [0, 0.1) is 5.82 Å². The summed E-state index contributed by atoms with van der Waals surface area (Å²) in [5, 5.41) is 15.1. The van der Waals surface area contributed by atoms with Gasteiger partial charge in [0.05, 0.1) is 13.1 Å². The summed E-state index contributed by atoms with van der Waals surface area (Å²) in [5.41, 5.74) is 0.717. The van der Waals surface area contributed by atoms with Crippen LogP contribution in [0.5, 0.6) is 0 Å².